The van der Waals surface area contributed by atoms with Gasteiger partial charge in [0, 0.05) is 44.1 Å². The van der Waals surface area contributed by atoms with Crippen LogP contribution in [0.4, 0.5) is 0 Å². The number of aromatic nitrogens is 4. The van der Waals surface area contributed by atoms with E-state index in [0.29, 0.717) is 18.9 Å². The van der Waals surface area contributed by atoms with Crippen LogP contribution in [-0.4, -0.2) is 73.5 Å². The number of hydrogen-bond acceptors (Lipinski definition) is 7. The van der Waals surface area contributed by atoms with E-state index in [4.69, 9.17) is 4.74 Å². The molecule has 4 rings (SSSR count). The van der Waals surface area contributed by atoms with Crippen molar-refractivity contribution in [3.63, 3.8) is 0 Å². The van der Waals surface area contributed by atoms with Gasteiger partial charge in [-0.3, -0.25) is 9.69 Å². The molecule has 31 heavy (non-hydrogen) atoms. The molecule has 1 amide bonds. The molecule has 0 saturated carbocycles. The Bertz CT molecular complexity index is 1090. The summed E-state index contributed by atoms with van der Waals surface area (Å²) in [6.45, 7) is 8.90. The van der Waals surface area contributed by atoms with E-state index in [1.54, 1.807) is 11.8 Å². The summed E-state index contributed by atoms with van der Waals surface area (Å²) in [5, 5.41) is 4.16. The molecule has 0 radical (unpaired) electrons. The van der Waals surface area contributed by atoms with Crippen LogP contribution in [0.1, 0.15) is 34.5 Å². The van der Waals surface area contributed by atoms with E-state index in [9.17, 15) is 9.59 Å². The maximum atomic E-state index is 12.8. The van der Waals surface area contributed by atoms with Crippen LogP contribution in [0.3, 0.4) is 0 Å². The predicted molar refractivity (Wildman–Crippen MR) is 113 cm³/mol. The average molecular weight is 422 g/mol. The van der Waals surface area contributed by atoms with Crippen molar-refractivity contribution in [3.8, 4) is 0 Å². The van der Waals surface area contributed by atoms with Crippen LogP contribution in [0.5, 0.6) is 0 Å². The highest BCUT2D eigenvalue weighted by Crippen LogP contribution is 2.12. The fourth-order valence-electron chi connectivity index (χ4n) is 3.74. The Morgan fingerprint density at radius 2 is 1.77 bits per heavy atom. The van der Waals surface area contributed by atoms with E-state index in [1.807, 2.05) is 38.1 Å². The Labute approximate surface area is 180 Å². The van der Waals surface area contributed by atoms with Crippen molar-refractivity contribution >= 4 is 17.7 Å². The van der Waals surface area contributed by atoms with Gasteiger partial charge in [0.2, 0.25) is 0 Å². The first kappa shape index (κ1) is 20.9. The first-order valence-electron chi connectivity index (χ1n) is 10.4. The van der Waals surface area contributed by atoms with E-state index in [-0.39, 0.29) is 11.7 Å². The Balaban J connectivity index is 1.32. The maximum absolute atomic E-state index is 12.8. The number of rotatable bonds is 5. The van der Waals surface area contributed by atoms with Crippen LogP contribution in [0, 0.1) is 13.8 Å². The highest BCUT2D eigenvalue weighted by molar-refractivity contribution is 5.89. The van der Waals surface area contributed by atoms with E-state index in [1.165, 1.54) is 10.1 Å². The Kier molecular flexibility index (Phi) is 5.94. The molecule has 9 nitrogen and oxygen atoms in total. The van der Waals surface area contributed by atoms with Gasteiger partial charge in [0.25, 0.3) is 17.5 Å². The largest absolute Gasteiger partial charge is 0.447 e. The normalized spacial score (nSPS) is 15.8. The first-order chi connectivity index (χ1) is 14.9. The minimum atomic E-state index is -0.907. The summed E-state index contributed by atoms with van der Waals surface area (Å²) in [6, 6.07) is 12.1. The zero-order valence-electron chi connectivity index (χ0n) is 18.0. The van der Waals surface area contributed by atoms with Gasteiger partial charge in [-0.2, -0.15) is 4.98 Å². The van der Waals surface area contributed by atoms with E-state index in [0.717, 1.165) is 31.0 Å². The van der Waals surface area contributed by atoms with Gasteiger partial charge in [0.1, 0.15) is 0 Å². The lowest BCUT2D eigenvalue weighted by atomic mass is 10.2. The predicted octanol–water partition coefficient (Wildman–Crippen LogP) is 1.63. The molecule has 1 aromatic carbocycles. The second-order valence-corrected chi connectivity index (χ2v) is 7.82. The van der Waals surface area contributed by atoms with Crippen molar-refractivity contribution in [1.82, 2.24) is 29.4 Å². The summed E-state index contributed by atoms with van der Waals surface area (Å²) in [6.07, 6.45) is -0.907. The Hall–Kier alpha value is -3.33. The van der Waals surface area contributed by atoms with Crippen LogP contribution in [0.25, 0.3) is 5.78 Å². The van der Waals surface area contributed by atoms with E-state index >= 15 is 0 Å². The summed E-state index contributed by atoms with van der Waals surface area (Å²) in [5.41, 5.74) is 2.85. The van der Waals surface area contributed by atoms with Crippen molar-refractivity contribution < 1.29 is 14.3 Å². The zero-order chi connectivity index (χ0) is 22.0. The molecule has 9 heteroatoms. The second-order valence-electron chi connectivity index (χ2n) is 7.82. The third-order valence-corrected chi connectivity index (χ3v) is 5.37. The van der Waals surface area contributed by atoms with Gasteiger partial charge in [-0.25, -0.2) is 14.3 Å². The number of aryl methyl sites for hydroxylation is 2. The summed E-state index contributed by atoms with van der Waals surface area (Å²) >= 11 is 0. The summed E-state index contributed by atoms with van der Waals surface area (Å²) in [7, 11) is 0. The van der Waals surface area contributed by atoms with Crippen molar-refractivity contribution in [2.45, 2.75) is 33.4 Å². The second kappa shape index (κ2) is 8.81. The van der Waals surface area contributed by atoms with Gasteiger partial charge in [-0.1, -0.05) is 30.3 Å². The number of amides is 1. The zero-order valence-corrected chi connectivity index (χ0v) is 18.0. The minimum Gasteiger partial charge on any atom is -0.447 e. The summed E-state index contributed by atoms with van der Waals surface area (Å²) in [5.74, 6) is -0.709. The molecule has 1 atom stereocenters. The van der Waals surface area contributed by atoms with E-state index < -0.39 is 12.1 Å². The number of ether oxygens (including phenoxy) is 1. The fraction of sp³-hybridized carbons (Fsp3) is 0.409. The van der Waals surface area contributed by atoms with Gasteiger partial charge in [0.15, 0.2) is 6.10 Å². The van der Waals surface area contributed by atoms with Gasteiger partial charge in [-0.15, -0.1) is 5.10 Å². The number of piperazine rings is 1. The number of nitrogens with zero attached hydrogens (tertiary/aromatic N) is 6. The molecule has 0 spiro atoms. The van der Waals surface area contributed by atoms with Crippen molar-refractivity contribution in [1.29, 1.82) is 0 Å². The first-order valence-corrected chi connectivity index (χ1v) is 10.4. The summed E-state index contributed by atoms with van der Waals surface area (Å²) < 4.78 is 6.85. The quantitative estimate of drug-likeness (QED) is 0.577. The molecule has 3 aromatic rings. The number of esters is 1. The molecule has 1 unspecified atom stereocenters. The molecule has 1 aliphatic rings. The van der Waals surface area contributed by atoms with Gasteiger partial charge in [-0.05, 0) is 32.4 Å². The number of hydrogen-bond donors (Lipinski definition) is 0. The van der Waals surface area contributed by atoms with Gasteiger partial charge >= 0.3 is 5.97 Å². The third kappa shape index (κ3) is 4.72. The minimum absolute atomic E-state index is 0.103. The van der Waals surface area contributed by atoms with Gasteiger partial charge < -0.3 is 9.64 Å². The molecule has 1 saturated heterocycles. The number of carbonyl (C=O) groups excluding carboxylic acids is 2. The standard InChI is InChI=1S/C22H26N6O3/c1-15-13-16(2)28-22(23-15)24-19(25-28)21(30)31-17(3)20(29)27-11-9-26(10-12-27)14-18-7-5-4-6-8-18/h4-8,13,17H,9-12,14H2,1-3H3. The lowest BCUT2D eigenvalue weighted by molar-refractivity contribution is -0.141. The third-order valence-electron chi connectivity index (χ3n) is 5.37. The molecule has 0 bridgehead atoms. The van der Waals surface area contributed by atoms with Crippen LogP contribution in [-0.2, 0) is 16.1 Å². The molecular weight excluding hydrogens is 396 g/mol. The van der Waals surface area contributed by atoms with Gasteiger partial charge in [0.05, 0.1) is 0 Å². The van der Waals surface area contributed by atoms with Crippen LogP contribution < -0.4 is 0 Å². The molecule has 3 heterocycles. The van der Waals surface area contributed by atoms with Crippen LogP contribution in [0.15, 0.2) is 36.4 Å². The Morgan fingerprint density at radius 3 is 2.48 bits per heavy atom. The highest BCUT2D eigenvalue weighted by Gasteiger charge is 2.28. The smallest absolute Gasteiger partial charge is 0.379 e. The SMILES string of the molecule is Cc1cc(C)n2nc(C(=O)OC(C)C(=O)N3CCN(Cc4ccccc4)CC3)nc2n1. The van der Waals surface area contributed by atoms with Crippen molar-refractivity contribution in [2.24, 2.45) is 0 Å². The lowest BCUT2D eigenvalue weighted by Gasteiger charge is -2.35. The van der Waals surface area contributed by atoms with Crippen molar-refractivity contribution in [2.75, 3.05) is 26.2 Å². The average Bonchev–Trinajstić information content (AvgIpc) is 3.19. The summed E-state index contributed by atoms with van der Waals surface area (Å²) in [4.78, 5) is 37.7. The molecule has 2 aromatic heterocycles. The molecule has 162 valence electrons. The fourth-order valence-corrected chi connectivity index (χ4v) is 3.74. The van der Waals surface area contributed by atoms with Crippen LogP contribution in [0.2, 0.25) is 0 Å². The monoisotopic (exact) mass is 422 g/mol. The molecular formula is C22H26N6O3. The molecule has 0 aliphatic carbocycles. The topological polar surface area (TPSA) is 92.9 Å². The molecule has 1 fully saturated rings. The van der Waals surface area contributed by atoms with E-state index in [2.05, 4.69) is 32.1 Å². The molecule has 0 N–H and O–H groups in total. The lowest BCUT2D eigenvalue weighted by Crippen LogP contribution is -2.51. The number of benzene rings is 1. The highest BCUT2D eigenvalue weighted by atomic mass is 16.5. The number of fused-ring (bicyclic) bond motifs is 1. The molecule has 1 aliphatic heterocycles. The number of carbonyl (C=O) groups is 2. The maximum Gasteiger partial charge on any atom is 0.379 e. The van der Waals surface area contributed by atoms with Crippen molar-refractivity contribution in [3.05, 3.63) is 59.2 Å². The van der Waals surface area contributed by atoms with Crippen LogP contribution >= 0.6 is 0 Å². The Morgan fingerprint density at radius 1 is 1.06 bits per heavy atom.